The van der Waals surface area contributed by atoms with Crippen molar-refractivity contribution >= 4 is 17.4 Å². The molecule has 0 amide bonds. The average molecular weight is 385 g/mol. The standard InChI is InChI=1S/C23H32N2OS/c1-8-19(9-2)25-13-27-18(7)21-20(25)12-17(6)24-23(21)26-22-15(4)10-14(3)11-16(22)5/h10-12,18-19H,8-9,13H2,1-7H3. The molecule has 0 N–H and O–H groups in total. The second-order valence-corrected chi connectivity index (χ2v) is 9.01. The monoisotopic (exact) mass is 384 g/mol. The van der Waals surface area contributed by atoms with Crippen molar-refractivity contribution in [1.29, 1.82) is 0 Å². The molecule has 1 unspecified atom stereocenters. The third-order valence-electron chi connectivity index (χ3n) is 5.50. The highest BCUT2D eigenvalue weighted by Crippen LogP contribution is 2.48. The molecular formula is C23H32N2OS. The number of thioether (sulfide) groups is 1. The first kappa shape index (κ1) is 20.1. The lowest BCUT2D eigenvalue weighted by Crippen LogP contribution is -2.37. The van der Waals surface area contributed by atoms with E-state index in [4.69, 9.17) is 9.72 Å². The van der Waals surface area contributed by atoms with Crippen molar-refractivity contribution in [3.05, 3.63) is 46.1 Å². The first-order chi connectivity index (χ1) is 12.8. The van der Waals surface area contributed by atoms with Crippen LogP contribution in [0.25, 0.3) is 0 Å². The van der Waals surface area contributed by atoms with Gasteiger partial charge in [0.2, 0.25) is 5.88 Å². The quantitative estimate of drug-likeness (QED) is 0.562. The fourth-order valence-corrected chi connectivity index (χ4v) is 5.26. The molecule has 146 valence electrons. The number of fused-ring (bicyclic) bond motifs is 1. The Morgan fingerprint density at radius 2 is 1.74 bits per heavy atom. The molecule has 1 aromatic carbocycles. The Hall–Kier alpha value is -1.68. The second kappa shape index (κ2) is 8.14. The van der Waals surface area contributed by atoms with Gasteiger partial charge in [-0.3, -0.25) is 0 Å². The first-order valence-electron chi connectivity index (χ1n) is 10.0. The van der Waals surface area contributed by atoms with Crippen LogP contribution in [0.5, 0.6) is 11.6 Å². The van der Waals surface area contributed by atoms with E-state index in [1.165, 1.54) is 16.8 Å². The number of ether oxygens (including phenoxy) is 1. The zero-order chi connectivity index (χ0) is 19.7. The van der Waals surface area contributed by atoms with E-state index in [1.807, 2.05) is 11.8 Å². The van der Waals surface area contributed by atoms with Gasteiger partial charge in [0, 0.05) is 22.7 Å². The number of anilines is 1. The van der Waals surface area contributed by atoms with Crippen LogP contribution in [0.1, 0.15) is 66.8 Å². The van der Waals surface area contributed by atoms with E-state index in [0.29, 0.717) is 11.3 Å². The summed E-state index contributed by atoms with van der Waals surface area (Å²) in [4.78, 5) is 7.37. The topological polar surface area (TPSA) is 25.4 Å². The summed E-state index contributed by atoms with van der Waals surface area (Å²) < 4.78 is 6.49. The van der Waals surface area contributed by atoms with Crippen LogP contribution in [0, 0.1) is 27.7 Å². The molecule has 2 heterocycles. The van der Waals surface area contributed by atoms with Crippen LogP contribution < -0.4 is 9.64 Å². The summed E-state index contributed by atoms with van der Waals surface area (Å²) in [6, 6.07) is 7.16. The zero-order valence-corrected chi connectivity index (χ0v) is 18.5. The summed E-state index contributed by atoms with van der Waals surface area (Å²) in [5.41, 5.74) is 7.15. The number of benzene rings is 1. The molecule has 1 aliphatic heterocycles. The van der Waals surface area contributed by atoms with E-state index in [2.05, 4.69) is 71.6 Å². The Labute approximate surface area is 168 Å². The van der Waals surface area contributed by atoms with E-state index < -0.39 is 0 Å². The highest BCUT2D eigenvalue weighted by Gasteiger charge is 2.31. The van der Waals surface area contributed by atoms with Gasteiger partial charge in [0.25, 0.3) is 0 Å². The Kier molecular flexibility index (Phi) is 6.05. The van der Waals surface area contributed by atoms with Crippen molar-refractivity contribution in [3.8, 4) is 11.6 Å². The molecule has 0 bridgehead atoms. The number of pyridine rings is 1. The lowest BCUT2D eigenvalue weighted by Gasteiger charge is -2.39. The molecular weight excluding hydrogens is 352 g/mol. The van der Waals surface area contributed by atoms with Gasteiger partial charge >= 0.3 is 0 Å². The molecule has 1 aromatic heterocycles. The molecule has 0 spiro atoms. The van der Waals surface area contributed by atoms with E-state index in [-0.39, 0.29) is 0 Å². The largest absolute Gasteiger partial charge is 0.438 e. The zero-order valence-electron chi connectivity index (χ0n) is 17.7. The molecule has 1 aliphatic rings. The van der Waals surface area contributed by atoms with Gasteiger partial charge in [0.15, 0.2) is 0 Å². The number of aromatic nitrogens is 1. The van der Waals surface area contributed by atoms with Crippen LogP contribution >= 0.6 is 11.8 Å². The predicted molar refractivity (Wildman–Crippen MR) is 117 cm³/mol. The molecule has 0 saturated heterocycles. The van der Waals surface area contributed by atoms with Crippen molar-refractivity contribution < 1.29 is 4.74 Å². The molecule has 1 atom stereocenters. The van der Waals surface area contributed by atoms with Crippen molar-refractivity contribution in [3.63, 3.8) is 0 Å². The van der Waals surface area contributed by atoms with Gasteiger partial charge in [-0.05, 0) is 64.7 Å². The van der Waals surface area contributed by atoms with Gasteiger partial charge in [-0.25, -0.2) is 4.98 Å². The third-order valence-corrected chi connectivity index (χ3v) is 6.66. The van der Waals surface area contributed by atoms with Crippen molar-refractivity contribution in [2.24, 2.45) is 0 Å². The normalized spacial score (nSPS) is 16.6. The molecule has 2 aromatic rings. The third kappa shape index (κ3) is 3.96. The molecule has 0 saturated carbocycles. The van der Waals surface area contributed by atoms with Crippen LogP contribution in [-0.4, -0.2) is 16.9 Å². The highest BCUT2D eigenvalue weighted by atomic mass is 32.2. The van der Waals surface area contributed by atoms with Crippen molar-refractivity contribution in [2.75, 3.05) is 10.8 Å². The maximum Gasteiger partial charge on any atom is 0.225 e. The first-order valence-corrected chi connectivity index (χ1v) is 11.1. The molecule has 3 nitrogen and oxygen atoms in total. The summed E-state index contributed by atoms with van der Waals surface area (Å²) in [6.45, 7) is 15.3. The van der Waals surface area contributed by atoms with Gasteiger partial charge in [0.05, 0.1) is 11.4 Å². The Bertz CT molecular complexity index is 806. The molecule has 0 radical (unpaired) electrons. The van der Waals surface area contributed by atoms with Crippen LogP contribution in [0.3, 0.4) is 0 Å². The average Bonchev–Trinajstić information content (AvgIpc) is 2.60. The lowest BCUT2D eigenvalue weighted by atomic mass is 10.0. The molecule has 0 fully saturated rings. The van der Waals surface area contributed by atoms with Crippen LogP contribution in [0.15, 0.2) is 18.2 Å². The number of hydrogen-bond donors (Lipinski definition) is 0. The number of nitrogens with zero attached hydrogens (tertiary/aromatic N) is 2. The van der Waals surface area contributed by atoms with E-state index in [9.17, 15) is 0 Å². The Morgan fingerprint density at radius 1 is 1.11 bits per heavy atom. The Morgan fingerprint density at radius 3 is 2.33 bits per heavy atom. The number of aryl methyl sites for hydroxylation is 4. The van der Waals surface area contributed by atoms with Crippen LogP contribution in [0.2, 0.25) is 0 Å². The lowest BCUT2D eigenvalue weighted by molar-refractivity contribution is 0.447. The summed E-state index contributed by atoms with van der Waals surface area (Å²) in [5, 5.41) is 0.375. The number of rotatable bonds is 5. The minimum absolute atomic E-state index is 0.375. The van der Waals surface area contributed by atoms with E-state index in [0.717, 1.165) is 47.2 Å². The minimum atomic E-state index is 0.375. The summed E-state index contributed by atoms with van der Waals surface area (Å²) in [6.07, 6.45) is 2.30. The van der Waals surface area contributed by atoms with Crippen molar-refractivity contribution in [1.82, 2.24) is 4.98 Å². The van der Waals surface area contributed by atoms with Crippen LogP contribution in [-0.2, 0) is 0 Å². The second-order valence-electron chi connectivity index (χ2n) is 7.71. The molecule has 0 aliphatic carbocycles. The summed E-state index contributed by atoms with van der Waals surface area (Å²) >= 11 is 1.98. The fourth-order valence-electron chi connectivity index (χ4n) is 4.14. The van der Waals surface area contributed by atoms with Gasteiger partial charge in [0.1, 0.15) is 5.75 Å². The maximum atomic E-state index is 6.49. The molecule has 4 heteroatoms. The number of hydrogen-bond acceptors (Lipinski definition) is 4. The van der Waals surface area contributed by atoms with Gasteiger partial charge in [-0.2, -0.15) is 0 Å². The summed E-state index contributed by atoms with van der Waals surface area (Å²) in [7, 11) is 0. The minimum Gasteiger partial charge on any atom is -0.438 e. The van der Waals surface area contributed by atoms with E-state index in [1.54, 1.807) is 0 Å². The van der Waals surface area contributed by atoms with Gasteiger partial charge in [-0.1, -0.05) is 31.5 Å². The SMILES string of the molecule is CCC(CC)N1CSC(C)c2c1cc(C)nc2Oc1c(C)cc(C)cc1C. The maximum absolute atomic E-state index is 6.49. The Balaban J connectivity index is 2.10. The molecule has 3 rings (SSSR count). The highest BCUT2D eigenvalue weighted by molar-refractivity contribution is 7.99. The van der Waals surface area contributed by atoms with Gasteiger partial charge in [-0.15, -0.1) is 11.8 Å². The van der Waals surface area contributed by atoms with Crippen LogP contribution in [0.4, 0.5) is 5.69 Å². The van der Waals surface area contributed by atoms with Gasteiger partial charge < -0.3 is 9.64 Å². The summed E-state index contributed by atoms with van der Waals surface area (Å²) in [5.74, 6) is 2.75. The molecule has 27 heavy (non-hydrogen) atoms. The van der Waals surface area contributed by atoms with E-state index >= 15 is 0 Å². The van der Waals surface area contributed by atoms with Crippen molar-refractivity contribution in [2.45, 2.75) is 72.6 Å². The smallest absolute Gasteiger partial charge is 0.225 e. The fraction of sp³-hybridized carbons (Fsp3) is 0.522. The predicted octanol–water partition coefficient (Wildman–Crippen LogP) is 6.87.